The standard InChI is InChI=1S/C13H18N2O2/c1-9-3-4-12(10(2)16)13(17)15(9)11-5-7-14-8-6-11/h3-4,11,14H,5-8H2,1-2H3. The molecule has 0 atom stereocenters. The van der Waals surface area contributed by atoms with Crippen LogP contribution in [0.25, 0.3) is 0 Å². The summed E-state index contributed by atoms with van der Waals surface area (Å²) in [5.74, 6) is -0.155. The van der Waals surface area contributed by atoms with E-state index in [0.29, 0.717) is 5.56 Å². The van der Waals surface area contributed by atoms with Crippen LogP contribution >= 0.6 is 0 Å². The van der Waals surface area contributed by atoms with E-state index in [1.54, 1.807) is 10.6 Å². The Kier molecular flexibility index (Phi) is 3.43. The Morgan fingerprint density at radius 2 is 2.00 bits per heavy atom. The molecular formula is C13H18N2O2. The third kappa shape index (κ3) is 2.31. The van der Waals surface area contributed by atoms with Gasteiger partial charge in [-0.15, -0.1) is 0 Å². The molecule has 0 aliphatic carbocycles. The van der Waals surface area contributed by atoms with Gasteiger partial charge in [0.1, 0.15) is 0 Å². The lowest BCUT2D eigenvalue weighted by Crippen LogP contribution is -2.36. The fourth-order valence-corrected chi connectivity index (χ4v) is 2.43. The number of ketones is 1. The first-order valence-electron chi connectivity index (χ1n) is 6.05. The minimum Gasteiger partial charge on any atom is -0.317 e. The third-order valence-electron chi connectivity index (χ3n) is 3.37. The number of carbonyl (C=O) groups is 1. The predicted molar refractivity (Wildman–Crippen MR) is 66.6 cm³/mol. The molecular weight excluding hydrogens is 216 g/mol. The van der Waals surface area contributed by atoms with E-state index in [1.165, 1.54) is 6.92 Å². The SMILES string of the molecule is CC(=O)c1ccc(C)n(C2CCNCC2)c1=O. The summed E-state index contributed by atoms with van der Waals surface area (Å²) < 4.78 is 1.79. The number of aryl methyl sites for hydroxylation is 1. The van der Waals surface area contributed by atoms with E-state index in [4.69, 9.17) is 0 Å². The van der Waals surface area contributed by atoms with Gasteiger partial charge in [0.15, 0.2) is 5.78 Å². The van der Waals surface area contributed by atoms with E-state index in [2.05, 4.69) is 5.32 Å². The van der Waals surface area contributed by atoms with E-state index < -0.39 is 0 Å². The number of piperidine rings is 1. The molecule has 0 unspecified atom stereocenters. The van der Waals surface area contributed by atoms with Crippen LogP contribution in [0.15, 0.2) is 16.9 Å². The summed E-state index contributed by atoms with van der Waals surface area (Å²) in [4.78, 5) is 23.6. The maximum absolute atomic E-state index is 12.3. The highest BCUT2D eigenvalue weighted by molar-refractivity contribution is 5.93. The van der Waals surface area contributed by atoms with E-state index in [0.717, 1.165) is 31.6 Å². The topological polar surface area (TPSA) is 51.1 Å². The number of rotatable bonds is 2. The van der Waals surface area contributed by atoms with Gasteiger partial charge in [0.05, 0.1) is 5.56 Å². The van der Waals surface area contributed by atoms with Crippen LogP contribution in [0.5, 0.6) is 0 Å². The molecule has 4 nitrogen and oxygen atoms in total. The van der Waals surface area contributed by atoms with Gasteiger partial charge in [-0.25, -0.2) is 0 Å². The fraction of sp³-hybridized carbons (Fsp3) is 0.538. The molecule has 2 rings (SSSR count). The molecule has 0 saturated carbocycles. The number of nitrogens with one attached hydrogen (secondary N) is 1. The van der Waals surface area contributed by atoms with Gasteiger partial charge in [-0.3, -0.25) is 9.59 Å². The lowest BCUT2D eigenvalue weighted by Gasteiger charge is -2.26. The van der Waals surface area contributed by atoms with Crippen molar-refractivity contribution in [1.82, 2.24) is 9.88 Å². The van der Waals surface area contributed by atoms with Gasteiger partial charge in [0, 0.05) is 11.7 Å². The second-order valence-corrected chi connectivity index (χ2v) is 4.60. The first-order valence-corrected chi connectivity index (χ1v) is 6.05. The van der Waals surface area contributed by atoms with Gasteiger partial charge in [-0.1, -0.05) is 0 Å². The highest BCUT2D eigenvalue weighted by Crippen LogP contribution is 2.18. The zero-order valence-corrected chi connectivity index (χ0v) is 10.3. The summed E-state index contributed by atoms with van der Waals surface area (Å²) in [6.45, 7) is 5.23. The zero-order valence-electron chi connectivity index (χ0n) is 10.3. The molecule has 1 N–H and O–H groups in total. The van der Waals surface area contributed by atoms with Crippen LogP contribution in [0.3, 0.4) is 0 Å². The molecule has 17 heavy (non-hydrogen) atoms. The largest absolute Gasteiger partial charge is 0.317 e. The summed E-state index contributed by atoms with van der Waals surface area (Å²) in [6, 6.07) is 3.72. The molecule has 0 aromatic carbocycles. The summed E-state index contributed by atoms with van der Waals surface area (Å²) in [5.41, 5.74) is 1.10. The molecule has 1 aromatic rings. The fourth-order valence-electron chi connectivity index (χ4n) is 2.43. The molecule has 1 aliphatic rings. The number of hydrogen-bond acceptors (Lipinski definition) is 3. The van der Waals surface area contributed by atoms with E-state index in [-0.39, 0.29) is 17.4 Å². The molecule has 2 heterocycles. The second kappa shape index (κ2) is 4.84. The Balaban J connectivity index is 2.47. The van der Waals surface area contributed by atoms with Crippen LogP contribution in [0.1, 0.15) is 41.9 Å². The molecule has 92 valence electrons. The summed E-state index contributed by atoms with van der Waals surface area (Å²) in [6.07, 6.45) is 1.89. The lowest BCUT2D eigenvalue weighted by atomic mass is 10.0. The predicted octanol–water partition coefficient (Wildman–Crippen LogP) is 1.28. The normalized spacial score (nSPS) is 17.1. The van der Waals surface area contributed by atoms with E-state index in [1.807, 2.05) is 13.0 Å². The number of pyridine rings is 1. The molecule has 0 spiro atoms. The van der Waals surface area contributed by atoms with Gasteiger partial charge < -0.3 is 9.88 Å². The third-order valence-corrected chi connectivity index (χ3v) is 3.37. The molecule has 4 heteroatoms. The van der Waals surface area contributed by atoms with Gasteiger partial charge >= 0.3 is 0 Å². The molecule has 0 amide bonds. The minimum atomic E-state index is -0.155. The van der Waals surface area contributed by atoms with Crippen molar-refractivity contribution >= 4 is 5.78 Å². The summed E-state index contributed by atoms with van der Waals surface area (Å²) in [5, 5.41) is 3.28. The Morgan fingerprint density at radius 1 is 1.35 bits per heavy atom. The van der Waals surface area contributed by atoms with Crippen LogP contribution in [0, 0.1) is 6.92 Å². The number of aromatic nitrogens is 1. The Bertz CT molecular complexity index is 485. The van der Waals surface area contributed by atoms with Gasteiger partial charge in [-0.2, -0.15) is 0 Å². The van der Waals surface area contributed by atoms with Crippen molar-refractivity contribution < 1.29 is 4.79 Å². The quantitative estimate of drug-likeness (QED) is 0.784. The van der Waals surface area contributed by atoms with Gasteiger partial charge in [-0.05, 0) is 51.9 Å². The highest BCUT2D eigenvalue weighted by atomic mass is 16.1. The van der Waals surface area contributed by atoms with Crippen molar-refractivity contribution in [2.45, 2.75) is 32.7 Å². The van der Waals surface area contributed by atoms with E-state index in [9.17, 15) is 9.59 Å². The molecule has 1 aliphatic heterocycles. The van der Waals surface area contributed by atoms with Crippen LogP contribution in [-0.4, -0.2) is 23.4 Å². The second-order valence-electron chi connectivity index (χ2n) is 4.60. The summed E-state index contributed by atoms with van der Waals surface area (Å²) in [7, 11) is 0. The summed E-state index contributed by atoms with van der Waals surface area (Å²) >= 11 is 0. The Hall–Kier alpha value is -1.42. The van der Waals surface area contributed by atoms with Crippen molar-refractivity contribution in [3.05, 3.63) is 33.7 Å². The first kappa shape index (κ1) is 12.0. The number of hydrogen-bond donors (Lipinski definition) is 1. The van der Waals surface area contributed by atoms with E-state index >= 15 is 0 Å². The van der Waals surface area contributed by atoms with Crippen molar-refractivity contribution in [3.8, 4) is 0 Å². The van der Waals surface area contributed by atoms with Crippen molar-refractivity contribution in [2.24, 2.45) is 0 Å². The van der Waals surface area contributed by atoms with Crippen molar-refractivity contribution in [2.75, 3.05) is 13.1 Å². The first-order chi connectivity index (χ1) is 8.11. The average molecular weight is 234 g/mol. The number of Topliss-reactive ketones (excluding diaryl/α,β-unsaturated/α-hetero) is 1. The van der Waals surface area contributed by atoms with Gasteiger partial charge in [0.2, 0.25) is 0 Å². The zero-order chi connectivity index (χ0) is 12.4. The minimum absolute atomic E-state index is 0.135. The lowest BCUT2D eigenvalue weighted by molar-refractivity contribution is 0.101. The maximum atomic E-state index is 12.3. The maximum Gasteiger partial charge on any atom is 0.261 e. The Morgan fingerprint density at radius 3 is 2.59 bits per heavy atom. The number of nitrogens with zero attached hydrogens (tertiary/aromatic N) is 1. The molecule has 1 saturated heterocycles. The Labute approximate surface area is 101 Å². The smallest absolute Gasteiger partial charge is 0.261 e. The van der Waals surface area contributed by atoms with Crippen LogP contribution in [-0.2, 0) is 0 Å². The van der Waals surface area contributed by atoms with Crippen LogP contribution < -0.4 is 10.9 Å². The van der Waals surface area contributed by atoms with Crippen molar-refractivity contribution in [3.63, 3.8) is 0 Å². The molecule has 0 bridgehead atoms. The molecule has 1 aromatic heterocycles. The van der Waals surface area contributed by atoms with Crippen LogP contribution in [0.2, 0.25) is 0 Å². The molecule has 0 radical (unpaired) electrons. The highest BCUT2D eigenvalue weighted by Gasteiger charge is 2.19. The number of carbonyl (C=O) groups excluding carboxylic acids is 1. The average Bonchev–Trinajstić information content (AvgIpc) is 2.30. The van der Waals surface area contributed by atoms with Crippen LogP contribution in [0.4, 0.5) is 0 Å². The van der Waals surface area contributed by atoms with Gasteiger partial charge in [0.25, 0.3) is 5.56 Å². The monoisotopic (exact) mass is 234 g/mol. The molecule has 1 fully saturated rings. The van der Waals surface area contributed by atoms with Crippen molar-refractivity contribution in [1.29, 1.82) is 0 Å².